The van der Waals surface area contributed by atoms with E-state index in [1.54, 1.807) is 32.0 Å². The summed E-state index contributed by atoms with van der Waals surface area (Å²) in [5.74, 6) is -1.48. The fourth-order valence-electron chi connectivity index (χ4n) is 3.94. The molecule has 4 bridgehead atoms. The second kappa shape index (κ2) is 9.46. The second-order valence-electron chi connectivity index (χ2n) is 8.39. The number of hydrogen-bond donors (Lipinski definition) is 4. The Morgan fingerprint density at radius 3 is 2.41 bits per heavy atom. The van der Waals surface area contributed by atoms with Crippen molar-refractivity contribution in [2.45, 2.75) is 38.3 Å². The second-order valence-corrected chi connectivity index (χ2v) is 8.39. The van der Waals surface area contributed by atoms with Gasteiger partial charge in [-0.2, -0.15) is 0 Å². The number of primary amides is 1. The first-order valence-electron chi connectivity index (χ1n) is 10.9. The number of carbonyl (C=O) groups excluding carboxylic acids is 4. The zero-order valence-corrected chi connectivity index (χ0v) is 18.8. The van der Waals surface area contributed by atoms with Gasteiger partial charge in [-0.1, -0.05) is 12.1 Å². The van der Waals surface area contributed by atoms with Crippen LogP contribution in [0.3, 0.4) is 0 Å². The Labute approximate surface area is 196 Å². The molecule has 10 nitrogen and oxygen atoms in total. The van der Waals surface area contributed by atoms with E-state index in [-0.39, 0.29) is 26.6 Å². The van der Waals surface area contributed by atoms with E-state index < -0.39 is 35.7 Å². The molecule has 2 unspecified atom stereocenters. The lowest BCUT2D eigenvalue weighted by Crippen LogP contribution is -2.54. The fraction of sp³-hybridized carbons (Fsp3) is 0.304. The average molecular weight is 464 g/mol. The minimum Gasteiger partial charge on any atom is -0.528 e. The van der Waals surface area contributed by atoms with Crippen molar-refractivity contribution in [3.63, 3.8) is 0 Å². The van der Waals surface area contributed by atoms with Crippen molar-refractivity contribution in [3.8, 4) is 22.6 Å². The highest BCUT2D eigenvalue weighted by atomic mass is 16.6. The third-order valence-electron chi connectivity index (χ3n) is 5.92. The average Bonchev–Trinajstić information content (AvgIpc) is 2.99. The minimum atomic E-state index is -1.00. The maximum atomic E-state index is 12.9. The molecular weight excluding hydrogens is 439 g/mol. The van der Waals surface area contributed by atoms with Crippen molar-refractivity contribution >= 4 is 31.3 Å². The van der Waals surface area contributed by atoms with Gasteiger partial charge < -0.3 is 31.0 Å². The fourth-order valence-corrected chi connectivity index (χ4v) is 3.94. The van der Waals surface area contributed by atoms with E-state index in [1.807, 2.05) is 18.2 Å². The summed E-state index contributed by atoms with van der Waals surface area (Å²) in [6.45, 7) is 2.93. The number of nitrogens with one attached hydrogen (secondary N) is 3. The Hall–Kier alpha value is -4.02. The zero-order valence-electron chi connectivity index (χ0n) is 18.8. The van der Waals surface area contributed by atoms with E-state index in [2.05, 4.69) is 16.0 Å². The number of hydrogen-bond acceptors (Lipinski definition) is 6. The van der Waals surface area contributed by atoms with Gasteiger partial charge in [-0.3, -0.25) is 19.2 Å². The molecule has 2 aliphatic rings. The van der Waals surface area contributed by atoms with Crippen LogP contribution < -0.4 is 31.0 Å². The molecule has 2 aromatic rings. The largest absolute Gasteiger partial charge is 0.576 e. The molecule has 2 aromatic carbocycles. The van der Waals surface area contributed by atoms with Crippen LogP contribution >= 0.6 is 0 Å². The van der Waals surface area contributed by atoms with Gasteiger partial charge in [0.25, 0.3) is 0 Å². The Balaban J connectivity index is 1.80. The van der Waals surface area contributed by atoms with Gasteiger partial charge in [0, 0.05) is 17.5 Å². The SMILES string of the molecule is CC1C(=O)N[C@@H](C)C(=O)NC(C(=O)NCC(N)=O)Cc2ccc3c(c2)-c2cc1ccc2OBO3. The smallest absolute Gasteiger partial charge is 0.528 e. The van der Waals surface area contributed by atoms with Crippen molar-refractivity contribution in [1.82, 2.24) is 16.0 Å². The molecule has 3 atom stereocenters. The maximum Gasteiger partial charge on any atom is 0.576 e. The van der Waals surface area contributed by atoms with Crippen LogP contribution in [0.25, 0.3) is 11.1 Å². The lowest BCUT2D eigenvalue weighted by Gasteiger charge is -2.23. The molecule has 11 heteroatoms. The normalized spacial score (nSPS) is 21.4. The molecule has 5 N–H and O–H groups in total. The number of nitrogens with two attached hydrogens (primary N) is 1. The van der Waals surface area contributed by atoms with E-state index in [0.717, 1.165) is 22.3 Å². The topological polar surface area (TPSA) is 149 Å². The Bertz CT molecular complexity index is 1170. The molecule has 0 fully saturated rings. The Kier molecular flexibility index (Phi) is 6.44. The van der Waals surface area contributed by atoms with Gasteiger partial charge in [-0.25, -0.2) is 0 Å². The van der Waals surface area contributed by atoms with Crippen LogP contribution in [0, 0.1) is 0 Å². The molecule has 2 aliphatic heterocycles. The monoisotopic (exact) mass is 464 g/mol. The van der Waals surface area contributed by atoms with Gasteiger partial charge in [-0.15, -0.1) is 0 Å². The lowest BCUT2D eigenvalue weighted by molar-refractivity contribution is -0.132. The van der Waals surface area contributed by atoms with Crippen LogP contribution in [0.15, 0.2) is 36.4 Å². The molecule has 2 heterocycles. The van der Waals surface area contributed by atoms with Crippen LogP contribution in [0.2, 0.25) is 0 Å². The van der Waals surface area contributed by atoms with Gasteiger partial charge >= 0.3 is 7.69 Å². The molecule has 0 saturated heterocycles. The summed E-state index contributed by atoms with van der Waals surface area (Å²) in [4.78, 5) is 49.6. The predicted molar refractivity (Wildman–Crippen MR) is 124 cm³/mol. The predicted octanol–water partition coefficient (Wildman–Crippen LogP) is -0.358. The minimum absolute atomic E-state index is 0.0282. The van der Waals surface area contributed by atoms with E-state index >= 15 is 0 Å². The number of rotatable bonds is 3. The van der Waals surface area contributed by atoms with Crippen LogP contribution in [-0.4, -0.2) is 49.9 Å². The molecule has 0 aromatic heterocycles. The van der Waals surface area contributed by atoms with E-state index in [0.29, 0.717) is 11.5 Å². The highest BCUT2D eigenvalue weighted by Gasteiger charge is 2.28. The van der Waals surface area contributed by atoms with Gasteiger partial charge in [0.2, 0.25) is 23.6 Å². The van der Waals surface area contributed by atoms with Gasteiger partial charge in [0.1, 0.15) is 23.6 Å². The molecule has 176 valence electrons. The summed E-state index contributed by atoms with van der Waals surface area (Å²) >= 11 is 0. The van der Waals surface area contributed by atoms with Crippen molar-refractivity contribution in [2.24, 2.45) is 5.73 Å². The first-order valence-corrected chi connectivity index (χ1v) is 10.9. The van der Waals surface area contributed by atoms with Crippen LogP contribution in [0.4, 0.5) is 0 Å². The molecular formula is C23H25BN4O6. The molecule has 0 spiro atoms. The number of fused-ring (bicyclic) bond motifs is 2. The van der Waals surface area contributed by atoms with Crippen LogP contribution in [0.5, 0.6) is 11.5 Å². The molecule has 0 saturated carbocycles. The molecule has 34 heavy (non-hydrogen) atoms. The Morgan fingerprint density at radius 1 is 1.03 bits per heavy atom. The summed E-state index contributed by atoms with van der Waals surface area (Å²) in [5.41, 5.74) is 8.15. The summed E-state index contributed by atoms with van der Waals surface area (Å²) < 4.78 is 11.5. The summed E-state index contributed by atoms with van der Waals surface area (Å²) in [7, 11) is 0.0282. The van der Waals surface area contributed by atoms with Crippen molar-refractivity contribution < 1.29 is 28.5 Å². The third kappa shape index (κ3) is 4.83. The van der Waals surface area contributed by atoms with Gasteiger partial charge in [0.15, 0.2) is 0 Å². The molecule has 0 aliphatic carbocycles. The molecule has 0 radical (unpaired) electrons. The van der Waals surface area contributed by atoms with Crippen LogP contribution in [-0.2, 0) is 25.6 Å². The highest BCUT2D eigenvalue weighted by Crippen LogP contribution is 2.40. The van der Waals surface area contributed by atoms with Gasteiger partial charge in [0.05, 0.1) is 12.5 Å². The summed E-state index contributed by atoms with van der Waals surface area (Å²) in [6, 6.07) is 9.04. The van der Waals surface area contributed by atoms with Crippen LogP contribution in [0.1, 0.15) is 30.9 Å². The number of carbonyl (C=O) groups is 4. The summed E-state index contributed by atoms with van der Waals surface area (Å²) in [6.07, 6.45) is 0.135. The molecule has 4 rings (SSSR count). The van der Waals surface area contributed by atoms with Crippen molar-refractivity contribution in [1.29, 1.82) is 0 Å². The van der Waals surface area contributed by atoms with Crippen molar-refractivity contribution in [3.05, 3.63) is 47.5 Å². The third-order valence-corrected chi connectivity index (χ3v) is 5.92. The number of amides is 4. The Morgan fingerprint density at radius 2 is 1.71 bits per heavy atom. The maximum absolute atomic E-state index is 12.9. The highest BCUT2D eigenvalue weighted by molar-refractivity contribution is 6.22. The lowest BCUT2D eigenvalue weighted by atomic mass is 9.92. The van der Waals surface area contributed by atoms with E-state index in [4.69, 9.17) is 15.0 Å². The van der Waals surface area contributed by atoms with E-state index in [9.17, 15) is 19.2 Å². The standard InChI is InChI=1S/C23H25BN4O6/c1-11-14-4-6-19-16(9-14)15-7-13(3-5-18(15)33-24-34-19)8-17(23(32)26-10-20(25)29)28-22(31)12(2)27-21(11)30/h3-7,9,11-12,17,24H,8,10H2,1-2H3,(H2,25,29)(H,26,32)(H,27,30)(H,28,31)/t11?,12-,17?/m0/s1. The molecule has 4 amide bonds. The zero-order chi connectivity index (χ0) is 24.4. The van der Waals surface area contributed by atoms with E-state index in [1.165, 1.54) is 0 Å². The summed E-state index contributed by atoms with van der Waals surface area (Å²) in [5, 5.41) is 7.80. The number of benzene rings is 2. The first kappa shape index (κ1) is 23.2. The first-order chi connectivity index (χ1) is 16.2. The quantitative estimate of drug-likeness (QED) is 0.456. The van der Waals surface area contributed by atoms with Crippen molar-refractivity contribution in [2.75, 3.05) is 6.54 Å². The van der Waals surface area contributed by atoms with Gasteiger partial charge in [-0.05, 0) is 49.2 Å².